The van der Waals surface area contributed by atoms with Crippen LogP contribution in [0.25, 0.3) is 0 Å². The Kier molecular flexibility index (Phi) is 5.72. The van der Waals surface area contributed by atoms with E-state index in [0.29, 0.717) is 22.9 Å². The zero-order valence-corrected chi connectivity index (χ0v) is 16.1. The number of benzene rings is 2. The van der Waals surface area contributed by atoms with Crippen LogP contribution in [0.1, 0.15) is 22.8 Å². The summed E-state index contributed by atoms with van der Waals surface area (Å²) in [6, 6.07) is 13.9. The van der Waals surface area contributed by atoms with Gasteiger partial charge in [-0.3, -0.25) is 14.9 Å². The van der Waals surface area contributed by atoms with Crippen LogP contribution >= 0.6 is 23.4 Å². The molecule has 1 aliphatic heterocycles. The third kappa shape index (κ3) is 4.61. The molecule has 1 saturated heterocycles. The van der Waals surface area contributed by atoms with Crippen molar-refractivity contribution in [2.45, 2.75) is 23.9 Å². The van der Waals surface area contributed by atoms with Crippen molar-refractivity contribution in [2.24, 2.45) is 0 Å². The average molecular weight is 404 g/mol. The van der Waals surface area contributed by atoms with Crippen LogP contribution in [0.5, 0.6) is 0 Å². The fourth-order valence-electron chi connectivity index (χ4n) is 2.61. The topological polar surface area (TPSA) is 87.3 Å². The first-order chi connectivity index (χ1) is 12.9. The van der Waals surface area contributed by atoms with E-state index in [2.05, 4.69) is 16.0 Å². The Hall–Kier alpha value is -2.51. The quantitative estimate of drug-likeness (QED) is 0.511. The summed E-state index contributed by atoms with van der Waals surface area (Å²) >= 11 is 7.31. The van der Waals surface area contributed by atoms with Crippen molar-refractivity contribution in [2.75, 3.05) is 5.75 Å². The van der Waals surface area contributed by atoms with Crippen molar-refractivity contribution >= 4 is 41.2 Å². The van der Waals surface area contributed by atoms with Crippen molar-refractivity contribution in [3.63, 3.8) is 0 Å². The van der Waals surface area contributed by atoms with E-state index in [4.69, 9.17) is 11.6 Å². The van der Waals surface area contributed by atoms with Crippen LogP contribution < -0.4 is 16.0 Å². The van der Waals surface area contributed by atoms with Gasteiger partial charge in [0.05, 0.1) is 5.56 Å². The number of amides is 4. The van der Waals surface area contributed by atoms with Gasteiger partial charge in [0.15, 0.2) is 0 Å². The lowest BCUT2D eigenvalue weighted by atomic mass is 10.1. The van der Waals surface area contributed by atoms with Crippen LogP contribution in [0.4, 0.5) is 4.79 Å². The number of urea groups is 1. The molecule has 1 aliphatic rings. The van der Waals surface area contributed by atoms with Crippen LogP contribution in [0.3, 0.4) is 0 Å². The van der Waals surface area contributed by atoms with E-state index in [1.165, 1.54) is 11.8 Å². The molecule has 0 bridgehead atoms. The maximum Gasteiger partial charge on any atom is 0.322 e. The van der Waals surface area contributed by atoms with Gasteiger partial charge in [0.1, 0.15) is 5.54 Å². The smallest absolute Gasteiger partial charge is 0.322 e. The number of thioether (sulfide) groups is 1. The largest absolute Gasteiger partial charge is 0.348 e. The molecular weight excluding hydrogens is 386 g/mol. The van der Waals surface area contributed by atoms with E-state index < -0.39 is 11.6 Å². The lowest BCUT2D eigenvalue weighted by Gasteiger charge is -2.20. The third-order valence-corrected chi connectivity index (χ3v) is 5.73. The number of rotatable bonds is 6. The zero-order valence-electron chi connectivity index (χ0n) is 14.5. The maximum atomic E-state index is 12.6. The van der Waals surface area contributed by atoms with E-state index in [0.717, 1.165) is 10.5 Å². The van der Waals surface area contributed by atoms with Gasteiger partial charge in [0.2, 0.25) is 0 Å². The molecule has 0 aliphatic carbocycles. The van der Waals surface area contributed by atoms with Crippen molar-refractivity contribution in [1.29, 1.82) is 0 Å². The Labute approximate surface area is 166 Å². The Morgan fingerprint density at radius 2 is 1.96 bits per heavy atom. The molecule has 0 aromatic heterocycles. The third-order valence-electron chi connectivity index (χ3n) is 4.11. The van der Waals surface area contributed by atoms with Gasteiger partial charge in [-0.25, -0.2) is 4.79 Å². The van der Waals surface area contributed by atoms with Gasteiger partial charge >= 0.3 is 6.03 Å². The van der Waals surface area contributed by atoms with Crippen LogP contribution in [0.15, 0.2) is 53.4 Å². The van der Waals surface area contributed by atoms with E-state index in [1.807, 2.05) is 24.3 Å². The summed E-state index contributed by atoms with van der Waals surface area (Å²) in [5.41, 5.74) is 0.406. The van der Waals surface area contributed by atoms with Crippen molar-refractivity contribution in [3.8, 4) is 0 Å². The van der Waals surface area contributed by atoms with Gasteiger partial charge in [-0.15, -0.1) is 11.8 Å². The highest BCUT2D eigenvalue weighted by Crippen LogP contribution is 2.27. The first-order valence-electron chi connectivity index (χ1n) is 8.25. The second-order valence-corrected chi connectivity index (χ2v) is 7.79. The molecule has 0 radical (unpaired) electrons. The molecule has 2 aromatic rings. The van der Waals surface area contributed by atoms with Gasteiger partial charge in [-0.1, -0.05) is 35.9 Å². The summed E-state index contributed by atoms with van der Waals surface area (Å²) in [7, 11) is 0. The highest BCUT2D eigenvalue weighted by atomic mass is 35.5. The molecule has 140 valence electrons. The van der Waals surface area contributed by atoms with Gasteiger partial charge in [0, 0.05) is 22.2 Å². The molecule has 1 heterocycles. The minimum absolute atomic E-state index is 0.219. The number of nitrogens with one attached hydrogen (secondary N) is 3. The molecule has 0 unspecified atom stereocenters. The number of carbonyl (C=O) groups excluding carboxylic acids is 3. The van der Waals surface area contributed by atoms with Crippen molar-refractivity contribution < 1.29 is 14.4 Å². The summed E-state index contributed by atoms with van der Waals surface area (Å²) in [6.45, 7) is 2.01. The first kappa shape index (κ1) is 19.3. The lowest BCUT2D eigenvalue weighted by Crippen LogP contribution is -2.46. The number of imide groups is 1. The highest BCUT2D eigenvalue weighted by Gasteiger charge is 2.41. The molecule has 8 heteroatoms. The van der Waals surface area contributed by atoms with Crippen molar-refractivity contribution in [1.82, 2.24) is 16.0 Å². The van der Waals surface area contributed by atoms with E-state index in [1.54, 1.807) is 31.2 Å². The second kappa shape index (κ2) is 8.02. The van der Waals surface area contributed by atoms with Gasteiger partial charge in [-0.05, 0) is 36.8 Å². The molecule has 2 aromatic carbocycles. The number of hydrogen-bond acceptors (Lipinski definition) is 4. The Bertz CT molecular complexity index is 905. The number of carbonyl (C=O) groups is 3. The molecule has 1 atom stereocenters. The number of hydrogen-bond donors (Lipinski definition) is 3. The van der Waals surface area contributed by atoms with E-state index in [9.17, 15) is 14.4 Å². The monoisotopic (exact) mass is 403 g/mol. The summed E-state index contributed by atoms with van der Waals surface area (Å²) < 4.78 is 0. The zero-order chi connectivity index (χ0) is 19.4. The number of halogens is 1. The van der Waals surface area contributed by atoms with Crippen LogP contribution in [0.2, 0.25) is 5.02 Å². The molecule has 0 spiro atoms. The van der Waals surface area contributed by atoms with Gasteiger partial charge < -0.3 is 10.6 Å². The summed E-state index contributed by atoms with van der Waals surface area (Å²) in [4.78, 5) is 36.7. The maximum absolute atomic E-state index is 12.6. The molecule has 0 saturated carbocycles. The van der Waals surface area contributed by atoms with E-state index >= 15 is 0 Å². The Morgan fingerprint density at radius 1 is 1.19 bits per heavy atom. The molecule has 3 rings (SSSR count). The summed E-state index contributed by atoms with van der Waals surface area (Å²) in [6.07, 6.45) is 0. The highest BCUT2D eigenvalue weighted by molar-refractivity contribution is 7.99. The van der Waals surface area contributed by atoms with Crippen LogP contribution in [-0.4, -0.2) is 29.1 Å². The van der Waals surface area contributed by atoms with E-state index in [-0.39, 0.29) is 11.8 Å². The predicted octanol–water partition coefficient (Wildman–Crippen LogP) is 2.96. The fraction of sp³-hybridized carbons (Fsp3) is 0.211. The Balaban J connectivity index is 1.67. The normalized spacial score (nSPS) is 18.7. The van der Waals surface area contributed by atoms with Gasteiger partial charge in [-0.2, -0.15) is 0 Å². The Morgan fingerprint density at radius 3 is 2.67 bits per heavy atom. The minimum atomic E-state index is -1.01. The molecule has 3 N–H and O–H groups in total. The van der Waals surface area contributed by atoms with Gasteiger partial charge in [0.25, 0.3) is 11.8 Å². The molecule has 6 nitrogen and oxygen atoms in total. The SMILES string of the molecule is C[C@]1(CSc2ccccc2C(=O)NCc2cccc(Cl)c2)NC(=O)NC1=O. The predicted molar refractivity (Wildman–Crippen MR) is 105 cm³/mol. The van der Waals surface area contributed by atoms with Crippen LogP contribution in [-0.2, 0) is 11.3 Å². The second-order valence-electron chi connectivity index (χ2n) is 6.34. The lowest BCUT2D eigenvalue weighted by molar-refractivity contribution is -0.122. The molecular formula is C19H18ClN3O3S. The molecule has 1 fully saturated rings. The summed E-state index contributed by atoms with van der Waals surface area (Å²) in [5, 5.41) is 8.34. The van der Waals surface area contributed by atoms with Crippen molar-refractivity contribution in [3.05, 3.63) is 64.7 Å². The molecule has 4 amide bonds. The fourth-order valence-corrected chi connectivity index (χ4v) is 3.96. The summed E-state index contributed by atoms with van der Waals surface area (Å²) in [5.74, 6) is -0.283. The standard InChI is InChI=1S/C19H18ClN3O3S/c1-19(17(25)22-18(26)23-19)11-27-15-8-3-2-7-14(15)16(24)21-10-12-5-4-6-13(20)9-12/h2-9H,10-11H2,1H3,(H,21,24)(H2,22,23,25,26)/t19-/m1/s1. The average Bonchev–Trinajstić information content (AvgIpc) is 2.90. The first-order valence-corrected chi connectivity index (χ1v) is 9.62. The minimum Gasteiger partial charge on any atom is -0.348 e. The van der Waals surface area contributed by atoms with Crippen LogP contribution in [0, 0.1) is 0 Å². The molecule has 27 heavy (non-hydrogen) atoms.